The summed E-state index contributed by atoms with van der Waals surface area (Å²) in [7, 11) is 0. The standard InChI is InChI=1S/C31H26N4O4S/c36-28(21-39-25-16-8-3-9-17-25)32-23-13-10-18-26(19-23)40-30(22-11-4-1-5-12-22)31(38)33-27-20-29(37)35(34-27)24-14-6-2-7-15-24/h1-19,30H,20-21H2,(H,32,36)(H,33,34,38). The van der Waals surface area contributed by atoms with Gasteiger partial charge in [0.2, 0.25) is 5.91 Å². The van der Waals surface area contributed by atoms with Crippen molar-refractivity contribution in [1.82, 2.24) is 5.32 Å². The van der Waals surface area contributed by atoms with Gasteiger partial charge in [-0.1, -0.05) is 72.8 Å². The maximum absolute atomic E-state index is 13.5. The number of nitrogens with one attached hydrogen (secondary N) is 2. The normalized spacial score (nSPS) is 13.3. The summed E-state index contributed by atoms with van der Waals surface area (Å²) in [6.07, 6.45) is -0.000615. The van der Waals surface area contributed by atoms with Gasteiger partial charge < -0.3 is 15.4 Å². The Labute approximate surface area is 236 Å². The van der Waals surface area contributed by atoms with Crippen LogP contribution in [0, 0.1) is 0 Å². The molecule has 0 saturated carbocycles. The first-order valence-electron chi connectivity index (χ1n) is 12.6. The zero-order valence-electron chi connectivity index (χ0n) is 21.4. The number of carbonyl (C=O) groups is 3. The van der Waals surface area contributed by atoms with E-state index >= 15 is 0 Å². The molecule has 1 aliphatic heterocycles. The number of hydrazone groups is 1. The molecular formula is C31H26N4O4S. The fourth-order valence-electron chi connectivity index (χ4n) is 4.02. The van der Waals surface area contributed by atoms with Gasteiger partial charge in [-0.25, -0.2) is 0 Å². The maximum Gasteiger partial charge on any atom is 0.262 e. The number of nitrogens with zero attached hydrogens (tertiary/aromatic N) is 2. The summed E-state index contributed by atoms with van der Waals surface area (Å²) in [6, 6.07) is 34.8. The molecule has 9 heteroatoms. The van der Waals surface area contributed by atoms with Crippen LogP contribution < -0.4 is 20.4 Å². The maximum atomic E-state index is 13.5. The lowest BCUT2D eigenvalue weighted by Gasteiger charge is -2.17. The van der Waals surface area contributed by atoms with E-state index in [4.69, 9.17) is 4.74 Å². The van der Waals surface area contributed by atoms with Crippen molar-refractivity contribution in [3.05, 3.63) is 121 Å². The Morgan fingerprint density at radius 1 is 0.850 bits per heavy atom. The number of ether oxygens (including phenoxy) is 1. The van der Waals surface area contributed by atoms with E-state index in [2.05, 4.69) is 15.7 Å². The Kier molecular flexibility index (Phi) is 8.53. The van der Waals surface area contributed by atoms with Crippen LogP contribution in [0.1, 0.15) is 17.2 Å². The van der Waals surface area contributed by atoms with E-state index in [1.165, 1.54) is 16.8 Å². The predicted octanol–water partition coefficient (Wildman–Crippen LogP) is 5.40. The number of hydrogen-bond donors (Lipinski definition) is 2. The van der Waals surface area contributed by atoms with E-state index in [9.17, 15) is 14.4 Å². The molecule has 1 unspecified atom stereocenters. The number of amidine groups is 1. The van der Waals surface area contributed by atoms with Crippen molar-refractivity contribution in [3.8, 4) is 5.75 Å². The Morgan fingerprint density at radius 3 is 2.25 bits per heavy atom. The van der Waals surface area contributed by atoms with Gasteiger partial charge in [0.1, 0.15) is 16.8 Å². The molecule has 5 rings (SSSR count). The Hall–Kier alpha value is -4.89. The molecule has 8 nitrogen and oxygen atoms in total. The number of carbonyl (C=O) groups excluding carboxylic acids is 3. The molecule has 1 aliphatic rings. The van der Waals surface area contributed by atoms with Crippen molar-refractivity contribution in [1.29, 1.82) is 0 Å². The summed E-state index contributed by atoms with van der Waals surface area (Å²) in [5.74, 6) is 0.0858. The average Bonchev–Trinajstić information content (AvgIpc) is 3.36. The monoisotopic (exact) mass is 550 g/mol. The number of rotatable bonds is 9. The van der Waals surface area contributed by atoms with Crippen LogP contribution in [0.2, 0.25) is 0 Å². The van der Waals surface area contributed by atoms with E-state index in [1.807, 2.05) is 84.9 Å². The summed E-state index contributed by atoms with van der Waals surface area (Å²) in [5.41, 5.74) is 2.02. The van der Waals surface area contributed by atoms with Crippen molar-refractivity contribution >= 4 is 46.7 Å². The van der Waals surface area contributed by atoms with Crippen molar-refractivity contribution < 1.29 is 19.1 Å². The number of thioether (sulfide) groups is 1. The van der Waals surface area contributed by atoms with Gasteiger partial charge in [-0.15, -0.1) is 11.8 Å². The van der Waals surface area contributed by atoms with Crippen LogP contribution in [0.5, 0.6) is 5.75 Å². The molecule has 0 spiro atoms. The Morgan fingerprint density at radius 2 is 1.52 bits per heavy atom. The number of para-hydroxylation sites is 2. The third-order valence-corrected chi connectivity index (χ3v) is 7.12. The summed E-state index contributed by atoms with van der Waals surface area (Å²) in [6.45, 7) is -0.128. The van der Waals surface area contributed by atoms with Gasteiger partial charge in [-0.3, -0.25) is 14.4 Å². The second-order valence-electron chi connectivity index (χ2n) is 8.84. The second-order valence-corrected chi connectivity index (χ2v) is 10.0. The van der Waals surface area contributed by atoms with E-state index in [-0.39, 0.29) is 30.7 Å². The molecule has 0 aromatic heterocycles. The van der Waals surface area contributed by atoms with Gasteiger partial charge in [0.15, 0.2) is 6.61 Å². The predicted molar refractivity (Wildman–Crippen MR) is 156 cm³/mol. The lowest BCUT2D eigenvalue weighted by molar-refractivity contribution is -0.119. The molecule has 2 N–H and O–H groups in total. The molecular weight excluding hydrogens is 524 g/mol. The second kappa shape index (κ2) is 12.8. The summed E-state index contributed by atoms with van der Waals surface area (Å²) < 4.78 is 5.52. The topological polar surface area (TPSA) is 100 Å². The zero-order chi connectivity index (χ0) is 27.7. The summed E-state index contributed by atoms with van der Waals surface area (Å²) >= 11 is 1.33. The highest BCUT2D eigenvalue weighted by molar-refractivity contribution is 8.00. The highest BCUT2D eigenvalue weighted by atomic mass is 32.2. The van der Waals surface area contributed by atoms with Crippen LogP contribution in [-0.2, 0) is 14.4 Å². The number of amides is 3. The Bertz CT molecular complexity index is 1510. The van der Waals surface area contributed by atoms with Gasteiger partial charge in [0.05, 0.1) is 12.1 Å². The molecule has 0 bridgehead atoms. The van der Waals surface area contributed by atoms with E-state index in [1.54, 1.807) is 30.3 Å². The van der Waals surface area contributed by atoms with Crippen LogP contribution in [0.3, 0.4) is 0 Å². The molecule has 200 valence electrons. The van der Waals surface area contributed by atoms with Gasteiger partial charge in [-0.05, 0) is 48.0 Å². The average molecular weight is 551 g/mol. The minimum Gasteiger partial charge on any atom is -0.484 e. The van der Waals surface area contributed by atoms with Crippen LogP contribution in [0.15, 0.2) is 125 Å². The summed E-state index contributed by atoms with van der Waals surface area (Å²) in [5, 5.41) is 10.7. The highest BCUT2D eigenvalue weighted by Crippen LogP contribution is 2.36. The van der Waals surface area contributed by atoms with Crippen molar-refractivity contribution in [2.24, 2.45) is 5.10 Å². The van der Waals surface area contributed by atoms with Gasteiger partial charge in [0.25, 0.3) is 11.8 Å². The van der Waals surface area contributed by atoms with E-state index in [0.717, 1.165) is 10.5 Å². The molecule has 4 aromatic carbocycles. The molecule has 0 saturated heterocycles. The fourth-order valence-corrected chi connectivity index (χ4v) is 5.11. The van der Waals surface area contributed by atoms with Gasteiger partial charge >= 0.3 is 0 Å². The van der Waals surface area contributed by atoms with Crippen molar-refractivity contribution in [3.63, 3.8) is 0 Å². The quantitative estimate of drug-likeness (QED) is 0.272. The largest absolute Gasteiger partial charge is 0.484 e. The number of hydrogen-bond acceptors (Lipinski definition) is 6. The van der Waals surface area contributed by atoms with Crippen LogP contribution in [0.25, 0.3) is 0 Å². The summed E-state index contributed by atoms with van der Waals surface area (Å²) in [4.78, 5) is 39.3. The molecule has 0 radical (unpaired) electrons. The Balaban J connectivity index is 1.27. The number of anilines is 2. The minimum atomic E-state index is -0.628. The van der Waals surface area contributed by atoms with Crippen LogP contribution in [0.4, 0.5) is 11.4 Å². The van der Waals surface area contributed by atoms with Gasteiger partial charge in [-0.2, -0.15) is 10.1 Å². The minimum absolute atomic E-state index is 0.000615. The first-order chi connectivity index (χ1) is 19.5. The molecule has 1 atom stereocenters. The van der Waals surface area contributed by atoms with Crippen molar-refractivity contribution in [2.45, 2.75) is 16.6 Å². The van der Waals surface area contributed by atoms with Crippen LogP contribution >= 0.6 is 11.8 Å². The molecule has 40 heavy (non-hydrogen) atoms. The first kappa shape index (κ1) is 26.7. The van der Waals surface area contributed by atoms with Gasteiger partial charge in [0, 0.05) is 10.6 Å². The molecule has 0 aliphatic carbocycles. The molecule has 1 heterocycles. The molecule has 0 fully saturated rings. The lowest BCUT2D eigenvalue weighted by atomic mass is 10.1. The van der Waals surface area contributed by atoms with E-state index in [0.29, 0.717) is 23.0 Å². The third-order valence-electron chi connectivity index (χ3n) is 5.87. The number of benzene rings is 4. The SMILES string of the molecule is O=C(COc1ccccc1)Nc1cccc(SC(C(=O)NC2=NN(c3ccccc3)C(=O)C2)c2ccccc2)c1. The molecule has 4 aromatic rings. The zero-order valence-corrected chi connectivity index (χ0v) is 22.2. The smallest absolute Gasteiger partial charge is 0.262 e. The van der Waals surface area contributed by atoms with Crippen molar-refractivity contribution in [2.75, 3.05) is 16.9 Å². The fraction of sp³-hybridized carbons (Fsp3) is 0.0968. The first-order valence-corrected chi connectivity index (χ1v) is 13.5. The highest BCUT2D eigenvalue weighted by Gasteiger charge is 2.29. The molecule has 3 amide bonds. The third kappa shape index (κ3) is 6.95. The van der Waals surface area contributed by atoms with E-state index < -0.39 is 5.25 Å². The van der Waals surface area contributed by atoms with Crippen LogP contribution in [-0.4, -0.2) is 30.2 Å². The lowest BCUT2D eigenvalue weighted by Crippen LogP contribution is -2.33.